The van der Waals surface area contributed by atoms with Gasteiger partial charge in [0.25, 0.3) is 0 Å². The number of hydrogen-bond acceptors (Lipinski definition) is 5. The first-order valence-corrected chi connectivity index (χ1v) is 12.8. The molecule has 10 heteroatoms. The molecule has 2 fully saturated rings. The SMILES string of the molecule is CC1CC=CC=C1CCN1C[C@H]2N(C(=O)CN(C)N2C(=O)NCc2ccccc2)[C@@H](CCC(=O)O)C1=O. The highest BCUT2D eigenvalue weighted by molar-refractivity contribution is 5.91. The van der Waals surface area contributed by atoms with Crippen LogP contribution in [0.25, 0.3) is 0 Å². The summed E-state index contributed by atoms with van der Waals surface area (Å²) < 4.78 is 0. The number of likely N-dealkylation sites (N-methyl/N-ethyl adjacent to an activating group) is 1. The first-order chi connectivity index (χ1) is 17.8. The van der Waals surface area contributed by atoms with Gasteiger partial charge in [0.15, 0.2) is 0 Å². The van der Waals surface area contributed by atoms with Crippen LogP contribution in [0.1, 0.15) is 38.2 Å². The topological polar surface area (TPSA) is 114 Å². The summed E-state index contributed by atoms with van der Waals surface area (Å²) in [5.74, 6) is -1.21. The average Bonchev–Trinajstić information content (AvgIpc) is 2.87. The van der Waals surface area contributed by atoms with Gasteiger partial charge < -0.3 is 20.2 Å². The second-order valence-electron chi connectivity index (χ2n) is 9.88. The number of hydrazine groups is 1. The fourth-order valence-corrected chi connectivity index (χ4v) is 5.28. The normalized spacial score (nSPS) is 24.1. The molecule has 1 aromatic rings. The number of allylic oxidation sites excluding steroid dienone is 3. The molecule has 2 N–H and O–H groups in total. The number of carboxylic acids is 1. The molecule has 0 spiro atoms. The van der Waals surface area contributed by atoms with Crippen molar-refractivity contribution in [1.82, 2.24) is 25.1 Å². The number of aliphatic carboxylic acids is 1. The van der Waals surface area contributed by atoms with Gasteiger partial charge in [-0.2, -0.15) is 0 Å². The van der Waals surface area contributed by atoms with Crippen LogP contribution in [0.5, 0.6) is 0 Å². The molecule has 1 aromatic carbocycles. The molecular weight excluding hydrogens is 474 g/mol. The Labute approximate surface area is 217 Å². The number of benzene rings is 1. The second kappa shape index (κ2) is 11.6. The van der Waals surface area contributed by atoms with Gasteiger partial charge >= 0.3 is 12.0 Å². The van der Waals surface area contributed by atoms with Crippen molar-refractivity contribution >= 4 is 23.8 Å². The van der Waals surface area contributed by atoms with Gasteiger partial charge in [0.2, 0.25) is 11.8 Å². The lowest BCUT2D eigenvalue weighted by molar-refractivity contribution is -0.187. The Hall–Kier alpha value is -3.66. The molecule has 2 heterocycles. The largest absolute Gasteiger partial charge is 0.481 e. The van der Waals surface area contributed by atoms with E-state index in [1.54, 1.807) is 17.0 Å². The van der Waals surface area contributed by atoms with Crippen LogP contribution in [-0.4, -0.2) is 87.6 Å². The third-order valence-corrected chi connectivity index (χ3v) is 7.31. The molecule has 4 amide bonds. The number of urea groups is 1. The van der Waals surface area contributed by atoms with E-state index in [-0.39, 0.29) is 43.8 Å². The predicted molar refractivity (Wildman–Crippen MR) is 137 cm³/mol. The summed E-state index contributed by atoms with van der Waals surface area (Å²) in [7, 11) is 1.67. The summed E-state index contributed by atoms with van der Waals surface area (Å²) in [5.41, 5.74) is 2.18. The van der Waals surface area contributed by atoms with Crippen molar-refractivity contribution in [2.24, 2.45) is 5.92 Å². The fraction of sp³-hybridized carbons (Fsp3) is 0.481. The number of carboxylic acid groups (broad SMARTS) is 1. The van der Waals surface area contributed by atoms with Crippen LogP contribution >= 0.6 is 0 Å². The van der Waals surface area contributed by atoms with Crippen LogP contribution in [0.2, 0.25) is 0 Å². The molecule has 2 saturated heterocycles. The van der Waals surface area contributed by atoms with Crippen LogP contribution in [0.15, 0.2) is 54.1 Å². The number of hydrogen-bond donors (Lipinski definition) is 2. The van der Waals surface area contributed by atoms with Crippen molar-refractivity contribution in [3.63, 3.8) is 0 Å². The Morgan fingerprint density at radius 3 is 2.62 bits per heavy atom. The second-order valence-corrected chi connectivity index (χ2v) is 9.88. The maximum absolute atomic E-state index is 13.5. The van der Waals surface area contributed by atoms with E-state index in [0.29, 0.717) is 25.4 Å². The molecule has 10 nitrogen and oxygen atoms in total. The van der Waals surface area contributed by atoms with Crippen LogP contribution in [0, 0.1) is 5.92 Å². The van der Waals surface area contributed by atoms with Crippen molar-refractivity contribution in [2.75, 3.05) is 26.7 Å². The number of carbonyl (C=O) groups is 4. The predicted octanol–water partition coefficient (Wildman–Crippen LogP) is 2.20. The molecule has 37 heavy (non-hydrogen) atoms. The van der Waals surface area contributed by atoms with Crippen LogP contribution < -0.4 is 5.32 Å². The fourth-order valence-electron chi connectivity index (χ4n) is 5.28. The van der Waals surface area contributed by atoms with E-state index in [0.717, 1.165) is 12.0 Å². The zero-order valence-corrected chi connectivity index (χ0v) is 21.4. The van der Waals surface area contributed by atoms with Gasteiger partial charge in [-0.15, -0.1) is 0 Å². The highest BCUT2D eigenvalue weighted by Crippen LogP contribution is 2.29. The average molecular weight is 510 g/mol. The minimum Gasteiger partial charge on any atom is -0.481 e. The van der Waals surface area contributed by atoms with Gasteiger partial charge in [-0.25, -0.2) is 14.8 Å². The van der Waals surface area contributed by atoms with Gasteiger partial charge in [-0.3, -0.25) is 14.4 Å². The van der Waals surface area contributed by atoms with Crippen LogP contribution in [-0.2, 0) is 20.9 Å². The van der Waals surface area contributed by atoms with E-state index in [4.69, 9.17) is 0 Å². The molecule has 0 bridgehead atoms. The minimum absolute atomic E-state index is 0.00205. The van der Waals surface area contributed by atoms with Crippen molar-refractivity contribution in [2.45, 2.75) is 51.4 Å². The summed E-state index contributed by atoms with van der Waals surface area (Å²) in [6, 6.07) is 8.20. The van der Waals surface area contributed by atoms with E-state index in [9.17, 15) is 24.3 Å². The molecular formula is C27H35N5O5. The zero-order chi connectivity index (χ0) is 26.5. The third-order valence-electron chi connectivity index (χ3n) is 7.31. The van der Waals surface area contributed by atoms with Gasteiger partial charge in [0.1, 0.15) is 12.2 Å². The lowest BCUT2D eigenvalue weighted by atomic mass is 9.90. The molecule has 0 radical (unpaired) electrons. The highest BCUT2D eigenvalue weighted by atomic mass is 16.4. The smallest absolute Gasteiger partial charge is 0.334 e. The summed E-state index contributed by atoms with van der Waals surface area (Å²) in [5, 5.41) is 15.3. The maximum Gasteiger partial charge on any atom is 0.334 e. The monoisotopic (exact) mass is 509 g/mol. The summed E-state index contributed by atoms with van der Waals surface area (Å²) in [4.78, 5) is 54.5. The standard InChI is InChI=1S/C27H35N5O5/c1-19-8-6-7-11-21(19)14-15-30-17-23-31(22(26(30)36)12-13-25(34)35)24(33)18-29(2)32(23)27(37)28-16-20-9-4-3-5-10-20/h3-7,9-11,19,22-23H,8,12-18H2,1-2H3,(H,28,37)(H,34,35)/t19?,22-,23-/m0/s1. The van der Waals surface area contributed by atoms with Crippen LogP contribution in [0.4, 0.5) is 4.79 Å². The first kappa shape index (κ1) is 26.4. The lowest BCUT2D eigenvalue weighted by Crippen LogP contribution is -2.76. The Morgan fingerprint density at radius 1 is 1.16 bits per heavy atom. The van der Waals surface area contributed by atoms with Crippen molar-refractivity contribution in [1.29, 1.82) is 0 Å². The number of rotatable bonds is 8. The summed E-state index contributed by atoms with van der Waals surface area (Å²) in [6.07, 6.45) is 6.88. The first-order valence-electron chi connectivity index (χ1n) is 12.8. The highest BCUT2D eigenvalue weighted by Gasteiger charge is 2.50. The van der Waals surface area contributed by atoms with E-state index in [2.05, 4.69) is 24.4 Å². The molecule has 1 aliphatic carbocycles. The zero-order valence-electron chi connectivity index (χ0n) is 21.4. The third kappa shape index (κ3) is 6.02. The van der Waals surface area contributed by atoms with Gasteiger partial charge in [-0.05, 0) is 30.7 Å². The Balaban J connectivity index is 1.56. The molecule has 2 aliphatic heterocycles. The Bertz CT molecular complexity index is 1090. The number of carbonyl (C=O) groups excluding carboxylic acids is 3. The number of fused-ring (bicyclic) bond motifs is 1. The number of nitrogens with zero attached hydrogens (tertiary/aromatic N) is 4. The van der Waals surface area contributed by atoms with E-state index in [1.165, 1.54) is 15.5 Å². The quantitative estimate of drug-likeness (QED) is 0.556. The minimum atomic E-state index is -1.03. The molecule has 0 saturated carbocycles. The maximum atomic E-state index is 13.5. The molecule has 4 rings (SSSR count). The van der Waals surface area contributed by atoms with E-state index >= 15 is 0 Å². The number of amides is 4. The Kier molecular flexibility index (Phi) is 8.27. The van der Waals surface area contributed by atoms with Crippen LogP contribution in [0.3, 0.4) is 0 Å². The molecule has 1 unspecified atom stereocenters. The molecule has 198 valence electrons. The summed E-state index contributed by atoms with van der Waals surface area (Å²) in [6.45, 7) is 2.99. The van der Waals surface area contributed by atoms with Gasteiger partial charge in [0, 0.05) is 26.6 Å². The number of piperazine rings is 1. The van der Waals surface area contributed by atoms with Gasteiger partial charge in [0.05, 0.1) is 13.1 Å². The van der Waals surface area contributed by atoms with E-state index in [1.807, 2.05) is 36.4 Å². The van der Waals surface area contributed by atoms with E-state index < -0.39 is 18.2 Å². The molecule has 3 atom stereocenters. The van der Waals surface area contributed by atoms with Crippen molar-refractivity contribution in [3.8, 4) is 0 Å². The molecule has 3 aliphatic rings. The summed E-state index contributed by atoms with van der Waals surface area (Å²) >= 11 is 0. The van der Waals surface area contributed by atoms with Gasteiger partial charge in [-0.1, -0.05) is 61.1 Å². The Morgan fingerprint density at radius 2 is 1.92 bits per heavy atom. The molecule has 0 aromatic heterocycles. The lowest BCUT2D eigenvalue weighted by Gasteiger charge is -2.54. The number of nitrogens with one attached hydrogen (secondary N) is 1. The van der Waals surface area contributed by atoms with Crippen molar-refractivity contribution < 1.29 is 24.3 Å². The van der Waals surface area contributed by atoms with Crippen molar-refractivity contribution in [3.05, 3.63) is 59.7 Å².